The maximum atomic E-state index is 11.8. The van der Waals surface area contributed by atoms with Crippen molar-refractivity contribution >= 4 is 11.7 Å². The Bertz CT molecular complexity index is 485. The van der Waals surface area contributed by atoms with E-state index < -0.39 is 0 Å². The van der Waals surface area contributed by atoms with Crippen molar-refractivity contribution in [2.75, 3.05) is 13.1 Å². The minimum absolute atomic E-state index is 0.0616. The molecule has 1 fully saturated rings. The number of hydrogen-bond donors (Lipinski definition) is 0. The number of amides is 1. The van der Waals surface area contributed by atoms with Gasteiger partial charge >= 0.3 is 0 Å². The molecule has 6 nitrogen and oxygen atoms in total. The first kappa shape index (κ1) is 11.5. The van der Waals surface area contributed by atoms with Gasteiger partial charge in [-0.15, -0.1) is 0 Å². The zero-order chi connectivity index (χ0) is 12.3. The topological polar surface area (TPSA) is 72.3 Å². The summed E-state index contributed by atoms with van der Waals surface area (Å²) in [5.74, 6) is 0.0161. The van der Waals surface area contributed by atoms with Crippen LogP contribution >= 0.6 is 0 Å². The van der Waals surface area contributed by atoms with Crippen LogP contribution in [-0.4, -0.2) is 39.5 Å². The van der Waals surface area contributed by atoms with Gasteiger partial charge in [0.2, 0.25) is 5.91 Å². The first-order chi connectivity index (χ1) is 8.16. The summed E-state index contributed by atoms with van der Waals surface area (Å²) < 4.78 is 1.12. The highest BCUT2D eigenvalue weighted by Crippen LogP contribution is 2.06. The van der Waals surface area contributed by atoms with Gasteiger partial charge in [-0.2, -0.15) is 5.10 Å². The van der Waals surface area contributed by atoms with Crippen molar-refractivity contribution in [2.24, 2.45) is 0 Å². The van der Waals surface area contributed by atoms with Crippen LogP contribution in [0.5, 0.6) is 0 Å². The van der Waals surface area contributed by atoms with E-state index in [1.54, 1.807) is 4.90 Å². The molecule has 2 rings (SSSR count). The van der Waals surface area contributed by atoms with Crippen molar-refractivity contribution in [3.63, 3.8) is 0 Å². The number of aromatic nitrogens is 2. The molecular weight excluding hydrogens is 222 g/mol. The lowest BCUT2D eigenvalue weighted by Crippen LogP contribution is -2.42. The molecule has 0 aliphatic carbocycles. The summed E-state index contributed by atoms with van der Waals surface area (Å²) in [5, 5.41) is 3.82. The molecule has 1 amide bonds. The van der Waals surface area contributed by atoms with Crippen LogP contribution in [0.25, 0.3) is 0 Å². The van der Waals surface area contributed by atoms with E-state index in [2.05, 4.69) is 5.10 Å². The standard InChI is InChI=1S/C11H13N3O3/c15-9-3-6-13(7-4-9)11(17)8-14-10(16)2-1-5-12-14/h1-2,5H,3-4,6-8H2. The molecule has 0 aromatic carbocycles. The summed E-state index contributed by atoms with van der Waals surface area (Å²) in [7, 11) is 0. The molecule has 0 bridgehead atoms. The highest BCUT2D eigenvalue weighted by atomic mass is 16.2. The van der Waals surface area contributed by atoms with Gasteiger partial charge < -0.3 is 4.90 Å². The summed E-state index contributed by atoms with van der Waals surface area (Å²) in [6, 6.07) is 2.89. The predicted molar refractivity (Wildman–Crippen MR) is 59.3 cm³/mol. The Morgan fingerprint density at radius 2 is 2.00 bits per heavy atom. The first-order valence-electron chi connectivity index (χ1n) is 5.48. The van der Waals surface area contributed by atoms with Crippen LogP contribution in [0.15, 0.2) is 23.1 Å². The minimum Gasteiger partial charge on any atom is -0.340 e. The van der Waals surface area contributed by atoms with Gasteiger partial charge in [0.15, 0.2) is 0 Å². The van der Waals surface area contributed by atoms with Crippen molar-refractivity contribution < 1.29 is 9.59 Å². The van der Waals surface area contributed by atoms with E-state index in [0.29, 0.717) is 25.9 Å². The van der Waals surface area contributed by atoms with Gasteiger partial charge in [0, 0.05) is 38.2 Å². The zero-order valence-corrected chi connectivity index (χ0v) is 9.33. The maximum absolute atomic E-state index is 11.8. The molecule has 0 spiro atoms. The van der Waals surface area contributed by atoms with Gasteiger partial charge in [0.25, 0.3) is 5.56 Å². The molecule has 1 aromatic rings. The lowest BCUT2D eigenvalue weighted by molar-refractivity contribution is -0.135. The molecule has 0 atom stereocenters. The van der Waals surface area contributed by atoms with Gasteiger partial charge in [0.05, 0.1) is 0 Å². The molecule has 90 valence electrons. The fraction of sp³-hybridized carbons (Fsp3) is 0.455. The fourth-order valence-corrected chi connectivity index (χ4v) is 1.74. The molecule has 0 saturated carbocycles. The number of ketones is 1. The number of nitrogens with zero attached hydrogens (tertiary/aromatic N) is 3. The number of hydrogen-bond acceptors (Lipinski definition) is 4. The Morgan fingerprint density at radius 1 is 1.29 bits per heavy atom. The maximum Gasteiger partial charge on any atom is 0.267 e. The number of carbonyl (C=O) groups is 2. The summed E-state index contributed by atoms with van der Waals surface area (Å²) in [4.78, 5) is 35.8. The van der Waals surface area contributed by atoms with Crippen LogP contribution in [0, 0.1) is 0 Å². The quantitative estimate of drug-likeness (QED) is 0.688. The molecule has 6 heteroatoms. The Balaban J connectivity index is 2.00. The molecular formula is C11H13N3O3. The number of carbonyl (C=O) groups excluding carboxylic acids is 2. The average Bonchev–Trinajstić information content (AvgIpc) is 2.33. The molecule has 1 saturated heterocycles. The molecule has 0 unspecified atom stereocenters. The number of rotatable bonds is 2. The van der Waals surface area contributed by atoms with Crippen LogP contribution in [0.1, 0.15) is 12.8 Å². The zero-order valence-electron chi connectivity index (χ0n) is 9.33. The second-order valence-electron chi connectivity index (χ2n) is 3.94. The highest BCUT2D eigenvalue weighted by Gasteiger charge is 2.21. The molecule has 1 aromatic heterocycles. The first-order valence-corrected chi connectivity index (χ1v) is 5.48. The lowest BCUT2D eigenvalue weighted by atomic mass is 10.1. The molecule has 0 radical (unpaired) electrons. The van der Waals surface area contributed by atoms with Crippen LogP contribution in [-0.2, 0) is 16.1 Å². The van der Waals surface area contributed by atoms with Gasteiger partial charge in [-0.1, -0.05) is 0 Å². The summed E-state index contributed by atoms with van der Waals surface area (Å²) in [6.07, 6.45) is 2.28. The average molecular weight is 235 g/mol. The number of piperidine rings is 1. The minimum atomic E-state index is -0.297. The SMILES string of the molecule is O=C1CCN(C(=O)Cn2ncccc2=O)CC1. The van der Waals surface area contributed by atoms with E-state index in [1.807, 2.05) is 0 Å². The third kappa shape index (κ3) is 2.77. The second-order valence-corrected chi connectivity index (χ2v) is 3.94. The highest BCUT2D eigenvalue weighted by molar-refractivity contribution is 5.83. The van der Waals surface area contributed by atoms with E-state index in [4.69, 9.17) is 0 Å². The smallest absolute Gasteiger partial charge is 0.267 e. The van der Waals surface area contributed by atoms with E-state index >= 15 is 0 Å². The van der Waals surface area contributed by atoms with E-state index in [9.17, 15) is 14.4 Å². The molecule has 17 heavy (non-hydrogen) atoms. The summed E-state index contributed by atoms with van der Waals surface area (Å²) >= 11 is 0. The predicted octanol–water partition coefficient (Wildman–Crippen LogP) is -0.565. The van der Waals surface area contributed by atoms with E-state index in [-0.39, 0.29) is 23.8 Å². The van der Waals surface area contributed by atoms with E-state index in [1.165, 1.54) is 18.3 Å². The molecule has 2 heterocycles. The molecule has 1 aliphatic heterocycles. The Kier molecular flexibility index (Phi) is 3.32. The van der Waals surface area contributed by atoms with Gasteiger partial charge in [-0.25, -0.2) is 4.68 Å². The fourth-order valence-electron chi connectivity index (χ4n) is 1.74. The van der Waals surface area contributed by atoms with Crippen LogP contribution < -0.4 is 5.56 Å². The monoisotopic (exact) mass is 235 g/mol. The van der Waals surface area contributed by atoms with Crippen molar-refractivity contribution in [3.8, 4) is 0 Å². The Morgan fingerprint density at radius 3 is 2.65 bits per heavy atom. The van der Waals surface area contributed by atoms with Crippen molar-refractivity contribution in [2.45, 2.75) is 19.4 Å². The van der Waals surface area contributed by atoms with Crippen molar-refractivity contribution in [3.05, 3.63) is 28.7 Å². The Labute approximate surface area is 97.8 Å². The largest absolute Gasteiger partial charge is 0.340 e. The van der Waals surface area contributed by atoms with Gasteiger partial charge in [0.1, 0.15) is 12.3 Å². The third-order valence-corrected chi connectivity index (χ3v) is 2.74. The second kappa shape index (κ2) is 4.90. The molecule has 0 N–H and O–H groups in total. The third-order valence-electron chi connectivity index (χ3n) is 2.74. The van der Waals surface area contributed by atoms with Crippen LogP contribution in [0.3, 0.4) is 0 Å². The van der Waals surface area contributed by atoms with Crippen LogP contribution in [0.2, 0.25) is 0 Å². The molecule has 1 aliphatic rings. The number of Topliss-reactive ketones (excluding diaryl/α,β-unsaturated/α-hetero) is 1. The summed E-state index contributed by atoms with van der Waals surface area (Å²) in [5.41, 5.74) is -0.297. The Hall–Kier alpha value is -1.98. The van der Waals surface area contributed by atoms with Crippen LogP contribution in [0.4, 0.5) is 0 Å². The summed E-state index contributed by atoms with van der Waals surface area (Å²) in [6.45, 7) is 0.826. The lowest BCUT2D eigenvalue weighted by Gasteiger charge is -2.25. The van der Waals surface area contributed by atoms with E-state index in [0.717, 1.165) is 4.68 Å². The van der Waals surface area contributed by atoms with Crippen molar-refractivity contribution in [1.82, 2.24) is 14.7 Å². The van der Waals surface area contributed by atoms with Gasteiger partial charge in [-0.05, 0) is 6.07 Å². The van der Waals surface area contributed by atoms with Crippen molar-refractivity contribution in [1.29, 1.82) is 0 Å². The normalized spacial score (nSPS) is 16.0. The number of likely N-dealkylation sites (tertiary alicyclic amines) is 1. The van der Waals surface area contributed by atoms with Gasteiger partial charge in [-0.3, -0.25) is 14.4 Å².